The Hall–Kier alpha value is -2.38. The van der Waals surface area contributed by atoms with E-state index in [2.05, 4.69) is 4.99 Å². The molecule has 6 rings (SSSR count). The van der Waals surface area contributed by atoms with Gasteiger partial charge in [0.05, 0.1) is 13.2 Å². The summed E-state index contributed by atoms with van der Waals surface area (Å²) in [6, 6.07) is 19.2. The third kappa shape index (κ3) is 3.65. The van der Waals surface area contributed by atoms with E-state index in [0.717, 1.165) is 11.1 Å². The lowest BCUT2D eigenvalue weighted by Gasteiger charge is -2.57. The van der Waals surface area contributed by atoms with Crippen LogP contribution in [-0.2, 0) is 41.7 Å². The van der Waals surface area contributed by atoms with Crippen molar-refractivity contribution in [3.8, 4) is 0 Å². The van der Waals surface area contributed by atoms with Crippen LogP contribution in [0.3, 0.4) is 0 Å². The SMILES string of the molecule is O=C=NC1C2OC3OC1C(OCc1ccccc1)C(O3)C2OCc1ccccc1. The first kappa shape index (κ1) is 18.6. The highest BCUT2D eigenvalue weighted by Crippen LogP contribution is 2.43. The van der Waals surface area contributed by atoms with Crippen molar-refractivity contribution in [2.24, 2.45) is 4.99 Å². The number of hydrogen-bond donors (Lipinski definition) is 0. The second kappa shape index (κ2) is 8.16. The minimum Gasteiger partial charge on any atom is -0.368 e. The maximum absolute atomic E-state index is 11.1. The van der Waals surface area contributed by atoms with Crippen molar-refractivity contribution in [3.63, 3.8) is 0 Å². The van der Waals surface area contributed by atoms with Gasteiger partial charge in [-0.1, -0.05) is 60.7 Å². The number of rotatable bonds is 7. The Morgan fingerprint density at radius 2 is 1.24 bits per heavy atom. The Bertz CT molecular complexity index is 810. The van der Waals surface area contributed by atoms with Gasteiger partial charge in [0.1, 0.15) is 36.6 Å². The van der Waals surface area contributed by atoms with Crippen LogP contribution in [0, 0.1) is 0 Å². The van der Waals surface area contributed by atoms with Gasteiger partial charge in [0.25, 0.3) is 6.48 Å². The molecule has 4 aliphatic rings. The van der Waals surface area contributed by atoms with E-state index < -0.39 is 36.9 Å². The van der Waals surface area contributed by atoms with Crippen LogP contribution in [0.4, 0.5) is 0 Å². The second-order valence-corrected chi connectivity index (χ2v) is 7.32. The van der Waals surface area contributed by atoms with E-state index in [1.165, 1.54) is 0 Å². The van der Waals surface area contributed by atoms with Crippen molar-refractivity contribution in [2.45, 2.75) is 56.3 Å². The molecular weight excluding hydrogens is 374 g/mol. The Morgan fingerprint density at radius 1 is 0.759 bits per heavy atom. The number of isocyanates is 1. The zero-order valence-electron chi connectivity index (χ0n) is 15.6. The van der Waals surface area contributed by atoms with Crippen LogP contribution in [-0.4, -0.2) is 49.1 Å². The summed E-state index contributed by atoms with van der Waals surface area (Å²) in [4.78, 5) is 15.0. The van der Waals surface area contributed by atoms with Crippen molar-refractivity contribution in [1.29, 1.82) is 0 Å². The van der Waals surface area contributed by atoms with Crippen LogP contribution < -0.4 is 0 Å². The van der Waals surface area contributed by atoms with Crippen LogP contribution in [0.15, 0.2) is 65.7 Å². The quantitative estimate of drug-likeness (QED) is 0.529. The molecule has 0 radical (unpaired) electrons. The summed E-state index contributed by atoms with van der Waals surface area (Å²) in [6.07, 6.45) is -0.486. The Labute approximate surface area is 168 Å². The molecule has 1 saturated carbocycles. The Morgan fingerprint density at radius 3 is 1.72 bits per heavy atom. The molecule has 4 atom stereocenters. The van der Waals surface area contributed by atoms with Gasteiger partial charge >= 0.3 is 0 Å². The smallest absolute Gasteiger partial charge is 0.272 e. The van der Waals surface area contributed by atoms with E-state index in [4.69, 9.17) is 23.7 Å². The first-order chi connectivity index (χ1) is 14.3. The van der Waals surface area contributed by atoms with Gasteiger partial charge in [-0.2, -0.15) is 4.99 Å². The lowest BCUT2D eigenvalue weighted by molar-refractivity contribution is -0.472. The molecule has 4 fully saturated rings. The number of nitrogens with zero attached hydrogens (tertiary/aromatic N) is 1. The molecule has 4 unspecified atom stereocenters. The van der Waals surface area contributed by atoms with Crippen LogP contribution >= 0.6 is 0 Å². The van der Waals surface area contributed by atoms with E-state index in [1.54, 1.807) is 6.08 Å². The van der Waals surface area contributed by atoms with E-state index in [0.29, 0.717) is 13.2 Å². The summed E-state index contributed by atoms with van der Waals surface area (Å²) in [5.74, 6) is 0. The maximum Gasteiger partial charge on any atom is 0.272 e. The van der Waals surface area contributed by atoms with Gasteiger partial charge in [0.15, 0.2) is 0 Å². The van der Waals surface area contributed by atoms with E-state index in [9.17, 15) is 4.79 Å². The van der Waals surface area contributed by atoms with Gasteiger partial charge in [-0.15, -0.1) is 0 Å². The molecule has 2 aromatic rings. The summed E-state index contributed by atoms with van der Waals surface area (Å²) in [7, 11) is 0. The van der Waals surface area contributed by atoms with Gasteiger partial charge in [-0.3, -0.25) is 0 Å². The fourth-order valence-corrected chi connectivity index (χ4v) is 4.21. The van der Waals surface area contributed by atoms with Gasteiger partial charge in [-0.25, -0.2) is 4.79 Å². The number of carbonyl (C=O) groups excluding carboxylic acids is 1. The first-order valence-electron chi connectivity index (χ1n) is 9.68. The second-order valence-electron chi connectivity index (χ2n) is 7.32. The van der Waals surface area contributed by atoms with Crippen molar-refractivity contribution in [3.05, 3.63) is 71.8 Å². The third-order valence-corrected chi connectivity index (χ3v) is 5.55. The van der Waals surface area contributed by atoms with Gasteiger partial charge in [0, 0.05) is 0 Å². The van der Waals surface area contributed by atoms with Crippen molar-refractivity contribution in [2.75, 3.05) is 0 Å². The first-order valence-corrected chi connectivity index (χ1v) is 9.68. The summed E-state index contributed by atoms with van der Waals surface area (Å²) in [5.41, 5.74) is 2.07. The summed E-state index contributed by atoms with van der Waals surface area (Å²) in [6.45, 7) is -0.00411. The van der Waals surface area contributed by atoms with Crippen LogP contribution in [0.1, 0.15) is 11.1 Å². The highest BCUT2D eigenvalue weighted by atomic mass is 16.9. The average molecular weight is 395 g/mol. The van der Waals surface area contributed by atoms with Crippen LogP contribution in [0.2, 0.25) is 0 Å². The highest BCUT2D eigenvalue weighted by molar-refractivity contribution is 5.35. The summed E-state index contributed by atoms with van der Waals surface area (Å²) < 4.78 is 29.9. The van der Waals surface area contributed by atoms with Gasteiger partial charge < -0.3 is 23.7 Å². The van der Waals surface area contributed by atoms with Gasteiger partial charge in [0.2, 0.25) is 6.08 Å². The molecule has 3 aliphatic heterocycles. The largest absolute Gasteiger partial charge is 0.368 e. The predicted molar refractivity (Wildman–Crippen MR) is 100 cm³/mol. The molecule has 3 heterocycles. The number of ether oxygens (including phenoxy) is 5. The van der Waals surface area contributed by atoms with E-state index in [1.807, 2.05) is 60.7 Å². The van der Waals surface area contributed by atoms with Gasteiger partial charge in [-0.05, 0) is 11.1 Å². The zero-order valence-corrected chi connectivity index (χ0v) is 15.6. The lowest BCUT2D eigenvalue weighted by atomic mass is 9.81. The molecule has 4 bridgehead atoms. The molecule has 0 aromatic heterocycles. The molecule has 0 spiro atoms. The lowest BCUT2D eigenvalue weighted by Crippen LogP contribution is -2.75. The van der Waals surface area contributed by atoms with E-state index >= 15 is 0 Å². The topological polar surface area (TPSA) is 75.6 Å². The van der Waals surface area contributed by atoms with Crippen molar-refractivity contribution < 1.29 is 28.5 Å². The fourth-order valence-electron chi connectivity index (χ4n) is 4.21. The monoisotopic (exact) mass is 395 g/mol. The highest BCUT2D eigenvalue weighted by Gasteiger charge is 2.63. The Balaban J connectivity index is 1.37. The van der Waals surface area contributed by atoms with Crippen molar-refractivity contribution >= 4 is 6.08 Å². The number of aliphatic imine (C=N–C) groups is 1. The molecule has 2 aromatic carbocycles. The molecule has 0 amide bonds. The zero-order chi connectivity index (χ0) is 19.6. The normalized spacial score (nSPS) is 34.7. The third-order valence-electron chi connectivity index (χ3n) is 5.55. The molecule has 0 N–H and O–H groups in total. The summed E-state index contributed by atoms with van der Waals surface area (Å²) in [5, 5.41) is 0. The molecule has 150 valence electrons. The standard InChI is InChI=1S/C22H21NO6/c24-13-23-16-17-19(25-11-14-7-3-1-4-8-14)21-20(18(16)28-22(27-17)29-21)26-12-15-9-5-2-6-10-15/h1-10,16-22H,11-12H2. The Kier molecular flexibility index (Phi) is 5.24. The maximum atomic E-state index is 11.1. The molecule has 1 aliphatic carbocycles. The van der Waals surface area contributed by atoms with Crippen LogP contribution in [0.25, 0.3) is 0 Å². The average Bonchev–Trinajstić information content (AvgIpc) is 2.76. The fraction of sp³-hybridized carbons (Fsp3) is 0.409. The molecule has 3 saturated heterocycles. The minimum absolute atomic E-state index is 0.372. The minimum atomic E-state index is -0.791. The molecule has 7 heteroatoms. The van der Waals surface area contributed by atoms with E-state index in [-0.39, 0.29) is 6.10 Å². The molecule has 29 heavy (non-hydrogen) atoms. The van der Waals surface area contributed by atoms with Crippen LogP contribution in [0.5, 0.6) is 0 Å². The molecular formula is C22H21NO6. The number of hydrogen-bond acceptors (Lipinski definition) is 7. The van der Waals surface area contributed by atoms with Crippen molar-refractivity contribution in [1.82, 2.24) is 0 Å². The number of benzene rings is 2. The predicted octanol–water partition coefficient (Wildman–Crippen LogP) is 2.34. The summed E-state index contributed by atoms with van der Waals surface area (Å²) >= 11 is 0. The molecule has 7 nitrogen and oxygen atoms in total.